The summed E-state index contributed by atoms with van der Waals surface area (Å²) in [4.78, 5) is 0. The molecule has 0 amide bonds. The van der Waals surface area contributed by atoms with Gasteiger partial charge in [0, 0.05) is 5.56 Å². The summed E-state index contributed by atoms with van der Waals surface area (Å²) in [6.45, 7) is 2.76. The van der Waals surface area contributed by atoms with Gasteiger partial charge in [-0.2, -0.15) is 0 Å². The quantitative estimate of drug-likeness (QED) is 0.746. The zero-order valence-corrected chi connectivity index (χ0v) is 10.9. The van der Waals surface area contributed by atoms with Crippen molar-refractivity contribution >= 4 is 39.1 Å². The Morgan fingerprint density at radius 1 is 1.43 bits per heavy atom. The van der Waals surface area contributed by atoms with Crippen LogP contribution >= 0.6 is 39.1 Å². The van der Waals surface area contributed by atoms with E-state index in [0.29, 0.717) is 6.61 Å². The molecule has 0 bridgehead atoms. The fourth-order valence-electron chi connectivity index (χ4n) is 0.982. The van der Waals surface area contributed by atoms with E-state index >= 15 is 0 Å². The predicted molar refractivity (Wildman–Crippen MR) is 64.5 cm³/mol. The Morgan fingerprint density at radius 2 is 2.14 bits per heavy atom. The molecule has 0 aliphatic rings. The van der Waals surface area contributed by atoms with E-state index in [2.05, 4.69) is 22.9 Å². The van der Waals surface area contributed by atoms with Gasteiger partial charge in [-0.15, -0.1) is 0 Å². The lowest BCUT2D eigenvalue weighted by atomic mass is 10.2. The Hall–Kier alpha value is 0.0800. The highest BCUT2D eigenvalue weighted by Crippen LogP contribution is 2.41. The van der Waals surface area contributed by atoms with Gasteiger partial charge in [0.05, 0.1) is 6.61 Å². The summed E-state index contributed by atoms with van der Waals surface area (Å²) in [6.07, 6.45) is 0.978. The first-order valence-corrected chi connectivity index (χ1v) is 5.89. The third-order valence-electron chi connectivity index (χ3n) is 1.63. The van der Waals surface area contributed by atoms with Crippen LogP contribution < -0.4 is 4.74 Å². The third kappa shape index (κ3) is 3.68. The molecule has 0 fully saturated rings. The Morgan fingerprint density at radius 3 is 2.71 bits per heavy atom. The first kappa shape index (κ1) is 12.2. The van der Waals surface area contributed by atoms with E-state index in [4.69, 9.17) is 27.9 Å². The van der Waals surface area contributed by atoms with Crippen LogP contribution in [0, 0.1) is 0 Å². The molecule has 0 aromatic heterocycles. The van der Waals surface area contributed by atoms with Crippen molar-refractivity contribution < 1.29 is 4.74 Å². The number of ether oxygens (including phenoxy) is 1. The molecule has 0 saturated carbocycles. The molecule has 0 saturated heterocycles. The minimum Gasteiger partial charge on any atom is -0.494 e. The van der Waals surface area contributed by atoms with E-state index in [1.165, 1.54) is 0 Å². The van der Waals surface area contributed by atoms with E-state index < -0.39 is 3.24 Å². The maximum absolute atomic E-state index is 5.89. The van der Waals surface area contributed by atoms with Crippen LogP contribution in [0.15, 0.2) is 24.3 Å². The Balaban J connectivity index is 2.79. The lowest BCUT2D eigenvalue weighted by Gasteiger charge is -2.13. The number of benzene rings is 1. The van der Waals surface area contributed by atoms with E-state index in [9.17, 15) is 0 Å². The van der Waals surface area contributed by atoms with Crippen LogP contribution in [0.25, 0.3) is 0 Å². The smallest absolute Gasteiger partial charge is 0.197 e. The van der Waals surface area contributed by atoms with E-state index in [1.54, 1.807) is 0 Å². The van der Waals surface area contributed by atoms with Gasteiger partial charge < -0.3 is 4.74 Å². The summed E-state index contributed by atoms with van der Waals surface area (Å²) in [6, 6.07) is 7.41. The monoisotopic (exact) mass is 296 g/mol. The number of rotatable bonds is 4. The molecule has 14 heavy (non-hydrogen) atoms. The molecular weight excluding hydrogens is 287 g/mol. The van der Waals surface area contributed by atoms with Crippen molar-refractivity contribution in [1.82, 2.24) is 0 Å². The van der Waals surface area contributed by atoms with Gasteiger partial charge in [0.1, 0.15) is 5.75 Å². The van der Waals surface area contributed by atoms with Crippen LogP contribution in [-0.2, 0) is 3.24 Å². The third-order valence-corrected chi connectivity index (χ3v) is 2.53. The molecule has 0 radical (unpaired) electrons. The lowest BCUT2D eigenvalue weighted by molar-refractivity contribution is 0.317. The highest BCUT2D eigenvalue weighted by molar-refractivity contribution is 9.10. The molecule has 1 nitrogen and oxygen atoms in total. The van der Waals surface area contributed by atoms with Crippen molar-refractivity contribution in [2.75, 3.05) is 6.61 Å². The van der Waals surface area contributed by atoms with Gasteiger partial charge in [-0.1, -0.05) is 42.3 Å². The summed E-state index contributed by atoms with van der Waals surface area (Å²) >= 11 is 14.9. The summed E-state index contributed by atoms with van der Waals surface area (Å²) in [5, 5.41) is 0. The SMILES string of the molecule is CCCOc1cccc(C(Cl)(Cl)Br)c1. The van der Waals surface area contributed by atoms with Gasteiger partial charge in [-0.05, 0) is 34.5 Å². The number of halogens is 3. The first-order valence-electron chi connectivity index (χ1n) is 4.34. The molecule has 1 aromatic carbocycles. The Labute approximate surface area is 102 Å². The highest BCUT2D eigenvalue weighted by atomic mass is 79.9. The fraction of sp³-hybridized carbons (Fsp3) is 0.400. The van der Waals surface area contributed by atoms with Gasteiger partial charge >= 0.3 is 0 Å². The van der Waals surface area contributed by atoms with Crippen LogP contribution in [0.1, 0.15) is 18.9 Å². The highest BCUT2D eigenvalue weighted by Gasteiger charge is 2.22. The van der Waals surface area contributed by atoms with E-state index in [-0.39, 0.29) is 0 Å². The zero-order valence-electron chi connectivity index (χ0n) is 7.77. The summed E-state index contributed by atoms with van der Waals surface area (Å²) in [7, 11) is 0. The fourth-order valence-corrected chi connectivity index (χ4v) is 1.46. The van der Waals surface area contributed by atoms with Crippen LogP contribution in [0.4, 0.5) is 0 Å². The predicted octanol–water partition coefficient (Wildman–Crippen LogP) is 4.46. The molecule has 1 aromatic rings. The summed E-state index contributed by atoms with van der Waals surface area (Å²) in [5.74, 6) is 0.787. The first-order chi connectivity index (χ1) is 6.54. The van der Waals surface area contributed by atoms with Crippen molar-refractivity contribution in [3.05, 3.63) is 29.8 Å². The standard InChI is InChI=1S/C10H11BrCl2O/c1-2-6-14-9-5-3-4-8(7-9)10(11,12)13/h3-5,7H,2,6H2,1H3. The molecule has 0 atom stereocenters. The lowest BCUT2D eigenvalue weighted by Crippen LogP contribution is -2.01. The topological polar surface area (TPSA) is 9.23 Å². The van der Waals surface area contributed by atoms with Crippen molar-refractivity contribution in [2.24, 2.45) is 0 Å². The maximum Gasteiger partial charge on any atom is 0.197 e. The normalized spacial score (nSPS) is 11.4. The molecular formula is C10H11BrCl2O. The Kier molecular flexibility index (Phi) is 4.55. The average Bonchev–Trinajstić information content (AvgIpc) is 2.14. The number of alkyl halides is 3. The molecule has 4 heteroatoms. The van der Waals surface area contributed by atoms with Crippen molar-refractivity contribution in [3.8, 4) is 5.75 Å². The molecule has 0 aliphatic carbocycles. The second-order valence-electron chi connectivity index (χ2n) is 2.87. The second kappa shape index (κ2) is 5.24. The largest absolute Gasteiger partial charge is 0.494 e. The van der Waals surface area contributed by atoms with Crippen LogP contribution in [0.3, 0.4) is 0 Å². The molecule has 0 N–H and O–H groups in total. The molecule has 0 heterocycles. The molecule has 0 aliphatic heterocycles. The van der Waals surface area contributed by atoms with Crippen LogP contribution in [0.2, 0.25) is 0 Å². The van der Waals surface area contributed by atoms with Crippen molar-refractivity contribution in [3.63, 3.8) is 0 Å². The number of hydrogen-bond acceptors (Lipinski definition) is 1. The van der Waals surface area contributed by atoms with Gasteiger partial charge in [0.2, 0.25) is 0 Å². The minimum absolute atomic E-state index is 0.698. The Bertz CT molecular complexity index is 296. The van der Waals surface area contributed by atoms with E-state index in [0.717, 1.165) is 17.7 Å². The van der Waals surface area contributed by atoms with Gasteiger partial charge in [-0.3, -0.25) is 0 Å². The van der Waals surface area contributed by atoms with Gasteiger partial charge in [-0.25, -0.2) is 0 Å². The molecule has 0 spiro atoms. The van der Waals surface area contributed by atoms with Crippen molar-refractivity contribution in [1.29, 1.82) is 0 Å². The zero-order chi connectivity index (χ0) is 10.6. The summed E-state index contributed by atoms with van der Waals surface area (Å²) < 4.78 is 4.41. The molecule has 78 valence electrons. The molecule has 1 rings (SSSR count). The van der Waals surface area contributed by atoms with Gasteiger partial charge in [0.25, 0.3) is 0 Å². The second-order valence-corrected chi connectivity index (χ2v) is 6.30. The maximum atomic E-state index is 5.89. The van der Waals surface area contributed by atoms with E-state index in [1.807, 2.05) is 24.3 Å². The average molecular weight is 298 g/mol. The summed E-state index contributed by atoms with van der Waals surface area (Å²) in [5.41, 5.74) is 0.773. The van der Waals surface area contributed by atoms with Crippen LogP contribution in [-0.4, -0.2) is 6.61 Å². The van der Waals surface area contributed by atoms with Crippen LogP contribution in [0.5, 0.6) is 5.75 Å². The minimum atomic E-state index is -1.04. The number of hydrogen-bond donors (Lipinski definition) is 0. The molecule has 0 unspecified atom stereocenters. The van der Waals surface area contributed by atoms with Crippen molar-refractivity contribution in [2.45, 2.75) is 16.6 Å². The van der Waals surface area contributed by atoms with Gasteiger partial charge in [0.15, 0.2) is 3.24 Å².